The quantitative estimate of drug-likeness (QED) is 0.872. The van der Waals surface area contributed by atoms with Crippen molar-refractivity contribution < 1.29 is 4.84 Å². The fraction of sp³-hybridized carbons (Fsp3) is 0.308. The first-order valence-electron chi connectivity index (χ1n) is 5.78. The molecule has 6 heteroatoms. The van der Waals surface area contributed by atoms with Crippen molar-refractivity contribution in [1.29, 1.82) is 0 Å². The second-order valence-electron chi connectivity index (χ2n) is 3.73. The first kappa shape index (κ1) is 14.0. The topological polar surface area (TPSA) is 36.9 Å². The highest BCUT2D eigenvalue weighted by Crippen LogP contribution is 2.30. The van der Waals surface area contributed by atoms with Crippen LogP contribution < -0.4 is 5.32 Å². The van der Waals surface area contributed by atoms with Gasteiger partial charge in [0, 0.05) is 0 Å². The molecule has 0 aromatic heterocycles. The van der Waals surface area contributed by atoms with E-state index in [9.17, 15) is 0 Å². The Morgan fingerprint density at radius 2 is 2.16 bits per heavy atom. The van der Waals surface area contributed by atoms with Gasteiger partial charge in [-0.1, -0.05) is 35.2 Å². The standard InChI is InChI=1S/C13H13Cl2N3O/c1-2-3-9-19-18-8-7-16-13(18)17-12-10(14)5-4-6-11(12)15/h4-6H,7-9H2,1H3,(H,16,17). The van der Waals surface area contributed by atoms with Gasteiger partial charge in [-0.15, -0.1) is 5.92 Å². The number of nitrogens with zero attached hydrogens (tertiary/aromatic N) is 2. The summed E-state index contributed by atoms with van der Waals surface area (Å²) < 4.78 is 0. The molecule has 0 saturated heterocycles. The van der Waals surface area contributed by atoms with Crippen LogP contribution in [0.3, 0.4) is 0 Å². The van der Waals surface area contributed by atoms with E-state index in [0.29, 0.717) is 41.4 Å². The lowest BCUT2D eigenvalue weighted by Gasteiger charge is -2.20. The van der Waals surface area contributed by atoms with Crippen LogP contribution in [0.25, 0.3) is 0 Å². The number of rotatable bonds is 3. The number of para-hydroxylation sites is 1. The van der Waals surface area contributed by atoms with E-state index in [2.05, 4.69) is 22.2 Å². The summed E-state index contributed by atoms with van der Waals surface area (Å²) >= 11 is 12.2. The number of nitrogens with one attached hydrogen (secondary N) is 1. The first-order valence-corrected chi connectivity index (χ1v) is 6.53. The lowest BCUT2D eigenvalue weighted by atomic mass is 10.3. The number of halogens is 2. The molecular weight excluding hydrogens is 285 g/mol. The second-order valence-corrected chi connectivity index (χ2v) is 4.54. The maximum Gasteiger partial charge on any atom is 0.223 e. The van der Waals surface area contributed by atoms with Crippen LogP contribution >= 0.6 is 23.2 Å². The molecule has 0 radical (unpaired) electrons. The molecule has 1 aromatic carbocycles. The summed E-state index contributed by atoms with van der Waals surface area (Å²) in [6, 6.07) is 5.31. The Hall–Kier alpha value is -1.41. The molecule has 1 heterocycles. The first-order chi connectivity index (χ1) is 9.22. The average molecular weight is 298 g/mol. The van der Waals surface area contributed by atoms with E-state index in [1.54, 1.807) is 30.2 Å². The molecule has 1 aromatic rings. The summed E-state index contributed by atoms with van der Waals surface area (Å²) in [5.41, 5.74) is 0.627. The Balaban J connectivity index is 2.07. The van der Waals surface area contributed by atoms with Gasteiger partial charge in [0.25, 0.3) is 0 Å². The van der Waals surface area contributed by atoms with Gasteiger partial charge in [-0.05, 0) is 19.1 Å². The van der Waals surface area contributed by atoms with E-state index in [1.165, 1.54) is 0 Å². The molecule has 1 aliphatic heterocycles. The Morgan fingerprint density at radius 3 is 2.84 bits per heavy atom. The number of hydrogen-bond donors (Lipinski definition) is 1. The molecule has 1 N–H and O–H groups in total. The highest BCUT2D eigenvalue weighted by atomic mass is 35.5. The number of anilines is 1. The lowest BCUT2D eigenvalue weighted by molar-refractivity contribution is -0.0740. The van der Waals surface area contributed by atoms with Crippen LogP contribution in [-0.4, -0.2) is 30.7 Å². The fourth-order valence-electron chi connectivity index (χ4n) is 1.57. The molecule has 19 heavy (non-hydrogen) atoms. The molecule has 0 bridgehead atoms. The van der Waals surface area contributed by atoms with Crippen molar-refractivity contribution in [3.63, 3.8) is 0 Å². The molecule has 0 unspecified atom stereocenters. The zero-order valence-corrected chi connectivity index (χ0v) is 11.9. The summed E-state index contributed by atoms with van der Waals surface area (Å²) in [5.74, 6) is 6.19. The van der Waals surface area contributed by atoms with E-state index in [0.717, 1.165) is 0 Å². The minimum atomic E-state index is 0.327. The van der Waals surface area contributed by atoms with Gasteiger partial charge in [0.2, 0.25) is 5.96 Å². The third-order valence-corrected chi connectivity index (χ3v) is 3.10. The normalized spacial score (nSPS) is 13.8. The summed E-state index contributed by atoms with van der Waals surface area (Å²) in [5, 5.41) is 5.82. The lowest BCUT2D eigenvalue weighted by Crippen LogP contribution is -2.33. The van der Waals surface area contributed by atoms with Gasteiger partial charge in [0.15, 0.2) is 0 Å². The number of guanidine groups is 1. The van der Waals surface area contributed by atoms with Crippen molar-refractivity contribution >= 4 is 34.8 Å². The van der Waals surface area contributed by atoms with Crippen molar-refractivity contribution in [3.8, 4) is 11.8 Å². The fourth-order valence-corrected chi connectivity index (χ4v) is 2.06. The number of hydroxylamine groups is 2. The van der Waals surface area contributed by atoms with Gasteiger partial charge in [-0.2, -0.15) is 0 Å². The predicted octanol–water partition coefficient (Wildman–Crippen LogP) is 3.03. The van der Waals surface area contributed by atoms with Crippen LogP contribution in [0.1, 0.15) is 6.92 Å². The molecule has 0 fully saturated rings. The van der Waals surface area contributed by atoms with Crippen LogP contribution in [0.4, 0.5) is 5.69 Å². The smallest absolute Gasteiger partial charge is 0.223 e. The maximum atomic E-state index is 6.10. The monoisotopic (exact) mass is 297 g/mol. The largest absolute Gasteiger partial charge is 0.322 e. The van der Waals surface area contributed by atoms with Crippen molar-refractivity contribution in [1.82, 2.24) is 5.06 Å². The SMILES string of the molecule is CC#CCON1CCN=C1Nc1c(Cl)cccc1Cl. The van der Waals surface area contributed by atoms with E-state index in [-0.39, 0.29) is 0 Å². The van der Waals surface area contributed by atoms with Crippen molar-refractivity contribution in [2.75, 3.05) is 25.0 Å². The van der Waals surface area contributed by atoms with Crippen LogP contribution in [0.5, 0.6) is 0 Å². The van der Waals surface area contributed by atoms with E-state index in [1.807, 2.05) is 0 Å². The van der Waals surface area contributed by atoms with Gasteiger partial charge in [0.05, 0.1) is 28.8 Å². The number of benzene rings is 1. The Morgan fingerprint density at radius 1 is 1.42 bits per heavy atom. The third-order valence-electron chi connectivity index (χ3n) is 2.47. The van der Waals surface area contributed by atoms with Crippen molar-refractivity contribution in [2.24, 2.45) is 4.99 Å². The van der Waals surface area contributed by atoms with Crippen LogP contribution in [0.2, 0.25) is 10.0 Å². The molecule has 0 amide bonds. The molecule has 100 valence electrons. The Labute approximate surface area is 122 Å². The molecular formula is C13H13Cl2N3O. The molecule has 0 saturated carbocycles. The summed E-state index contributed by atoms with van der Waals surface area (Å²) in [4.78, 5) is 9.80. The maximum absolute atomic E-state index is 6.10. The minimum absolute atomic E-state index is 0.327. The van der Waals surface area contributed by atoms with Gasteiger partial charge >= 0.3 is 0 Å². The van der Waals surface area contributed by atoms with Crippen LogP contribution in [-0.2, 0) is 4.84 Å². The highest BCUT2D eigenvalue weighted by Gasteiger charge is 2.19. The third kappa shape index (κ3) is 3.54. The van der Waals surface area contributed by atoms with Crippen LogP contribution in [0, 0.1) is 11.8 Å². The Kier molecular flexibility index (Phi) is 4.92. The van der Waals surface area contributed by atoms with E-state index >= 15 is 0 Å². The molecule has 0 spiro atoms. The summed E-state index contributed by atoms with van der Waals surface area (Å²) in [6.45, 7) is 3.43. The molecule has 2 rings (SSSR count). The van der Waals surface area contributed by atoms with Gasteiger partial charge < -0.3 is 5.32 Å². The molecule has 0 atom stereocenters. The highest BCUT2D eigenvalue weighted by molar-refractivity contribution is 6.39. The average Bonchev–Trinajstić information content (AvgIpc) is 2.82. The molecule has 1 aliphatic rings. The zero-order valence-electron chi connectivity index (χ0n) is 10.4. The van der Waals surface area contributed by atoms with Gasteiger partial charge in [-0.25, -0.2) is 10.1 Å². The van der Waals surface area contributed by atoms with Gasteiger partial charge in [0.1, 0.15) is 6.61 Å². The van der Waals surface area contributed by atoms with Gasteiger partial charge in [-0.3, -0.25) is 4.84 Å². The minimum Gasteiger partial charge on any atom is -0.322 e. The van der Waals surface area contributed by atoms with Crippen LogP contribution in [0.15, 0.2) is 23.2 Å². The number of hydrogen-bond acceptors (Lipinski definition) is 4. The summed E-state index contributed by atoms with van der Waals surface area (Å²) in [6.07, 6.45) is 0. The zero-order chi connectivity index (χ0) is 13.7. The summed E-state index contributed by atoms with van der Waals surface area (Å²) in [7, 11) is 0. The van der Waals surface area contributed by atoms with Crippen molar-refractivity contribution in [3.05, 3.63) is 28.2 Å². The van der Waals surface area contributed by atoms with E-state index < -0.39 is 0 Å². The van der Waals surface area contributed by atoms with Crippen molar-refractivity contribution in [2.45, 2.75) is 6.92 Å². The predicted molar refractivity (Wildman–Crippen MR) is 78.5 cm³/mol. The molecule has 0 aliphatic carbocycles. The number of aliphatic imine (C=N–C) groups is 1. The molecule has 4 nitrogen and oxygen atoms in total. The Bertz CT molecular complexity index is 528. The second kappa shape index (κ2) is 6.67. The van der Waals surface area contributed by atoms with E-state index in [4.69, 9.17) is 28.0 Å².